The standard InChI is InChI=1S/C19H12N2O3/c22-19-15-8-1-3-10-17(15)20(18-11-4-2-9-16(18)19)13-6-5-7-14(12-13)21(23)24/h1-12H. The molecule has 0 radical (unpaired) electrons. The summed E-state index contributed by atoms with van der Waals surface area (Å²) in [5, 5.41) is 12.3. The van der Waals surface area contributed by atoms with Gasteiger partial charge in [0.25, 0.3) is 5.69 Å². The lowest BCUT2D eigenvalue weighted by atomic mass is 10.1. The zero-order valence-corrected chi connectivity index (χ0v) is 12.5. The largest absolute Gasteiger partial charge is 0.309 e. The second-order valence-electron chi connectivity index (χ2n) is 5.48. The molecule has 3 aromatic carbocycles. The Morgan fingerprint density at radius 2 is 1.38 bits per heavy atom. The van der Waals surface area contributed by atoms with Gasteiger partial charge in [0, 0.05) is 22.9 Å². The number of nitro groups is 1. The van der Waals surface area contributed by atoms with Crippen molar-refractivity contribution in [2.75, 3.05) is 0 Å². The van der Waals surface area contributed by atoms with Crippen molar-refractivity contribution in [3.8, 4) is 5.69 Å². The Balaban J connectivity index is 2.21. The number of rotatable bonds is 2. The van der Waals surface area contributed by atoms with Crippen LogP contribution in [0.5, 0.6) is 0 Å². The van der Waals surface area contributed by atoms with E-state index in [1.807, 2.05) is 41.0 Å². The molecule has 5 nitrogen and oxygen atoms in total. The maximum atomic E-state index is 12.7. The highest BCUT2D eigenvalue weighted by Gasteiger charge is 2.13. The monoisotopic (exact) mass is 316 g/mol. The highest BCUT2D eigenvalue weighted by atomic mass is 16.6. The topological polar surface area (TPSA) is 65.1 Å². The lowest BCUT2D eigenvalue weighted by molar-refractivity contribution is -0.384. The molecule has 4 aromatic rings. The van der Waals surface area contributed by atoms with E-state index in [1.54, 1.807) is 24.3 Å². The quantitative estimate of drug-likeness (QED) is 0.318. The van der Waals surface area contributed by atoms with Crippen LogP contribution < -0.4 is 5.43 Å². The Morgan fingerprint density at radius 3 is 1.96 bits per heavy atom. The number of benzene rings is 3. The number of non-ortho nitro benzene ring substituents is 1. The van der Waals surface area contributed by atoms with Crippen molar-refractivity contribution in [2.24, 2.45) is 0 Å². The molecule has 0 atom stereocenters. The molecule has 0 fully saturated rings. The molecule has 0 spiro atoms. The zero-order chi connectivity index (χ0) is 16.7. The maximum Gasteiger partial charge on any atom is 0.271 e. The number of para-hydroxylation sites is 2. The average molecular weight is 316 g/mol. The maximum absolute atomic E-state index is 12.7. The lowest BCUT2D eigenvalue weighted by Gasteiger charge is -2.15. The van der Waals surface area contributed by atoms with E-state index in [4.69, 9.17) is 0 Å². The summed E-state index contributed by atoms with van der Waals surface area (Å²) in [6.07, 6.45) is 0. The molecule has 24 heavy (non-hydrogen) atoms. The SMILES string of the molecule is O=c1c2ccccc2n(-c2cccc([N+](=O)[O-])c2)c2ccccc12. The Labute approximate surface area is 136 Å². The number of hydrogen-bond donors (Lipinski definition) is 0. The number of nitrogens with zero attached hydrogens (tertiary/aromatic N) is 2. The van der Waals surface area contributed by atoms with Gasteiger partial charge in [-0.3, -0.25) is 14.9 Å². The Bertz CT molecular complexity index is 1100. The summed E-state index contributed by atoms with van der Waals surface area (Å²) >= 11 is 0. The van der Waals surface area contributed by atoms with Gasteiger partial charge in [-0.25, -0.2) is 0 Å². The fourth-order valence-corrected chi connectivity index (χ4v) is 3.02. The first-order valence-corrected chi connectivity index (χ1v) is 7.44. The molecule has 0 amide bonds. The molecule has 1 heterocycles. The van der Waals surface area contributed by atoms with Crippen LogP contribution in [0.25, 0.3) is 27.5 Å². The van der Waals surface area contributed by atoms with Gasteiger partial charge in [0.2, 0.25) is 0 Å². The molecule has 116 valence electrons. The predicted molar refractivity (Wildman–Crippen MR) is 93.7 cm³/mol. The van der Waals surface area contributed by atoms with Gasteiger partial charge < -0.3 is 4.57 Å². The predicted octanol–water partition coefficient (Wildman–Crippen LogP) is 4.05. The van der Waals surface area contributed by atoms with Crippen molar-refractivity contribution in [1.82, 2.24) is 4.57 Å². The third-order valence-corrected chi connectivity index (χ3v) is 4.08. The van der Waals surface area contributed by atoms with Crippen LogP contribution in [0, 0.1) is 10.1 Å². The summed E-state index contributed by atoms with van der Waals surface area (Å²) in [4.78, 5) is 23.4. The number of fused-ring (bicyclic) bond motifs is 2. The summed E-state index contributed by atoms with van der Waals surface area (Å²) in [5.74, 6) is 0. The second kappa shape index (κ2) is 5.31. The van der Waals surface area contributed by atoms with Gasteiger partial charge in [0.1, 0.15) is 0 Å². The molecule has 0 saturated heterocycles. The lowest BCUT2D eigenvalue weighted by Crippen LogP contribution is -2.10. The number of nitro benzene ring substituents is 1. The minimum absolute atomic E-state index is 0.0133. The zero-order valence-electron chi connectivity index (χ0n) is 12.5. The molecule has 4 rings (SSSR count). The van der Waals surface area contributed by atoms with E-state index in [2.05, 4.69) is 0 Å². The van der Waals surface area contributed by atoms with E-state index in [-0.39, 0.29) is 11.1 Å². The molecule has 0 bridgehead atoms. The second-order valence-corrected chi connectivity index (χ2v) is 5.48. The Morgan fingerprint density at radius 1 is 0.792 bits per heavy atom. The van der Waals surface area contributed by atoms with E-state index >= 15 is 0 Å². The minimum atomic E-state index is -0.420. The van der Waals surface area contributed by atoms with Crippen LogP contribution in [0.15, 0.2) is 77.6 Å². The minimum Gasteiger partial charge on any atom is -0.309 e. The van der Waals surface area contributed by atoms with Gasteiger partial charge >= 0.3 is 0 Å². The van der Waals surface area contributed by atoms with Gasteiger partial charge in [0.15, 0.2) is 5.43 Å². The van der Waals surface area contributed by atoms with Gasteiger partial charge in [-0.15, -0.1) is 0 Å². The molecule has 1 aromatic heterocycles. The molecule has 0 saturated carbocycles. The van der Waals surface area contributed by atoms with Crippen LogP contribution >= 0.6 is 0 Å². The van der Waals surface area contributed by atoms with Crippen molar-refractivity contribution in [3.05, 3.63) is 93.1 Å². The highest BCUT2D eigenvalue weighted by Crippen LogP contribution is 2.25. The smallest absolute Gasteiger partial charge is 0.271 e. The van der Waals surface area contributed by atoms with Crippen molar-refractivity contribution >= 4 is 27.5 Å². The molecule has 0 unspecified atom stereocenters. The number of aromatic nitrogens is 1. The van der Waals surface area contributed by atoms with Gasteiger partial charge in [-0.1, -0.05) is 30.3 Å². The molecule has 0 aliphatic heterocycles. The third-order valence-electron chi connectivity index (χ3n) is 4.08. The van der Waals surface area contributed by atoms with Gasteiger partial charge in [0.05, 0.1) is 21.6 Å². The Hall–Kier alpha value is -3.47. The third kappa shape index (κ3) is 2.06. The van der Waals surface area contributed by atoms with Crippen LogP contribution in [0.4, 0.5) is 5.69 Å². The van der Waals surface area contributed by atoms with E-state index < -0.39 is 4.92 Å². The highest BCUT2D eigenvalue weighted by molar-refractivity contribution is 5.95. The van der Waals surface area contributed by atoms with E-state index in [0.717, 1.165) is 11.0 Å². The molecular weight excluding hydrogens is 304 g/mol. The van der Waals surface area contributed by atoms with Crippen LogP contribution in [0.2, 0.25) is 0 Å². The first kappa shape index (κ1) is 14.1. The van der Waals surface area contributed by atoms with Crippen molar-refractivity contribution in [2.45, 2.75) is 0 Å². The van der Waals surface area contributed by atoms with Crippen LogP contribution in [-0.2, 0) is 0 Å². The fourth-order valence-electron chi connectivity index (χ4n) is 3.02. The summed E-state index contributed by atoms with van der Waals surface area (Å²) in [5.41, 5.74) is 2.07. The molecule has 5 heteroatoms. The Kier molecular flexibility index (Phi) is 3.13. The van der Waals surface area contributed by atoms with E-state index in [1.165, 1.54) is 12.1 Å². The molecule has 0 aliphatic rings. The average Bonchev–Trinajstić information content (AvgIpc) is 2.62. The van der Waals surface area contributed by atoms with Crippen molar-refractivity contribution in [3.63, 3.8) is 0 Å². The van der Waals surface area contributed by atoms with E-state index in [0.29, 0.717) is 16.5 Å². The normalized spacial score (nSPS) is 11.0. The molecule has 0 N–H and O–H groups in total. The van der Waals surface area contributed by atoms with Crippen molar-refractivity contribution < 1.29 is 4.92 Å². The summed E-state index contributed by atoms with van der Waals surface area (Å²) in [6, 6.07) is 21.0. The van der Waals surface area contributed by atoms with Crippen LogP contribution in [0.1, 0.15) is 0 Å². The van der Waals surface area contributed by atoms with Gasteiger partial charge in [-0.05, 0) is 30.3 Å². The summed E-state index contributed by atoms with van der Waals surface area (Å²) in [6.45, 7) is 0. The van der Waals surface area contributed by atoms with Crippen LogP contribution in [-0.4, -0.2) is 9.49 Å². The van der Waals surface area contributed by atoms with Gasteiger partial charge in [-0.2, -0.15) is 0 Å². The number of hydrogen-bond acceptors (Lipinski definition) is 3. The molecule has 0 aliphatic carbocycles. The molecular formula is C19H12N2O3. The summed E-state index contributed by atoms with van der Waals surface area (Å²) in [7, 11) is 0. The van der Waals surface area contributed by atoms with E-state index in [9.17, 15) is 14.9 Å². The first-order chi connectivity index (χ1) is 11.7. The summed E-state index contributed by atoms with van der Waals surface area (Å²) < 4.78 is 1.89. The first-order valence-electron chi connectivity index (χ1n) is 7.44. The fraction of sp³-hybridized carbons (Fsp3) is 0. The number of pyridine rings is 1. The van der Waals surface area contributed by atoms with Crippen LogP contribution in [0.3, 0.4) is 0 Å². The van der Waals surface area contributed by atoms with Crippen molar-refractivity contribution in [1.29, 1.82) is 0 Å².